The maximum Gasteiger partial charge on any atom is 0.354 e. The van der Waals surface area contributed by atoms with Gasteiger partial charge in [0.05, 0.1) is 10.7 Å². The fourth-order valence-corrected chi connectivity index (χ4v) is 4.14. The van der Waals surface area contributed by atoms with Crippen molar-refractivity contribution < 1.29 is 18.3 Å². The van der Waals surface area contributed by atoms with E-state index in [-0.39, 0.29) is 15.7 Å². The number of thiazole rings is 1. The van der Waals surface area contributed by atoms with Crippen molar-refractivity contribution >= 4 is 33.1 Å². The fraction of sp³-hybridized carbons (Fsp3) is 0.300. The number of anilines is 1. The smallest absolute Gasteiger partial charge is 0.354 e. The first kappa shape index (κ1) is 14.5. The molecule has 0 saturated heterocycles. The molecule has 0 bridgehead atoms. The molecule has 0 atom stereocenters. The molecule has 0 aliphatic rings. The summed E-state index contributed by atoms with van der Waals surface area (Å²) in [5.41, 5.74) is 0.286. The van der Waals surface area contributed by atoms with Crippen LogP contribution in [0.5, 0.6) is 0 Å². The van der Waals surface area contributed by atoms with Gasteiger partial charge < -0.3 is 5.11 Å². The van der Waals surface area contributed by atoms with Gasteiger partial charge >= 0.3 is 5.97 Å². The molecule has 8 nitrogen and oxygen atoms in total. The van der Waals surface area contributed by atoms with Crippen LogP contribution in [0.15, 0.2) is 10.3 Å². The molecular weight excluding hydrogens is 304 g/mol. The van der Waals surface area contributed by atoms with Gasteiger partial charge in [-0.2, -0.15) is 5.10 Å². The van der Waals surface area contributed by atoms with Gasteiger partial charge in [-0.3, -0.25) is 9.40 Å². The number of rotatable bonds is 4. The van der Waals surface area contributed by atoms with Gasteiger partial charge in [-0.1, -0.05) is 0 Å². The molecule has 0 aliphatic carbocycles. The van der Waals surface area contributed by atoms with Gasteiger partial charge in [0.15, 0.2) is 10.0 Å². The molecule has 2 rings (SSSR count). The number of carboxylic acid groups (broad SMARTS) is 1. The highest BCUT2D eigenvalue weighted by Gasteiger charge is 2.23. The second-order valence-corrected chi connectivity index (χ2v) is 7.14. The van der Waals surface area contributed by atoms with Crippen LogP contribution < -0.4 is 4.72 Å². The molecule has 2 heterocycles. The van der Waals surface area contributed by atoms with E-state index in [0.29, 0.717) is 10.7 Å². The number of hydrogen-bond acceptors (Lipinski definition) is 6. The number of nitrogens with one attached hydrogen (secondary N) is 1. The summed E-state index contributed by atoms with van der Waals surface area (Å²) in [5, 5.41) is 13.3. The zero-order valence-electron chi connectivity index (χ0n) is 10.9. The van der Waals surface area contributed by atoms with Crippen molar-refractivity contribution in [2.75, 3.05) is 4.72 Å². The lowest BCUT2D eigenvalue weighted by molar-refractivity contribution is 0.0685. The van der Waals surface area contributed by atoms with Gasteiger partial charge in [0.2, 0.25) is 0 Å². The molecule has 0 aromatic carbocycles. The molecule has 0 unspecified atom stereocenters. The summed E-state index contributed by atoms with van der Waals surface area (Å²) in [7, 11) is -2.40. The first-order chi connectivity index (χ1) is 9.20. The van der Waals surface area contributed by atoms with Crippen LogP contribution in [0.2, 0.25) is 0 Å². The number of carbonyl (C=O) groups is 1. The van der Waals surface area contributed by atoms with Crippen molar-refractivity contribution in [3.63, 3.8) is 0 Å². The summed E-state index contributed by atoms with van der Waals surface area (Å²) in [6, 6.07) is 1.16. The van der Waals surface area contributed by atoms with Crippen molar-refractivity contribution in [3.8, 4) is 0 Å². The molecule has 0 aliphatic heterocycles. The molecule has 0 spiro atoms. The van der Waals surface area contributed by atoms with E-state index >= 15 is 0 Å². The largest absolute Gasteiger partial charge is 0.477 e. The zero-order chi connectivity index (χ0) is 15.1. The van der Waals surface area contributed by atoms with Crippen molar-refractivity contribution in [1.29, 1.82) is 0 Å². The first-order valence-electron chi connectivity index (χ1n) is 5.45. The van der Waals surface area contributed by atoms with Crippen LogP contribution in [0.4, 0.5) is 5.82 Å². The number of nitrogens with zero attached hydrogens (tertiary/aromatic N) is 3. The highest BCUT2D eigenvalue weighted by molar-refractivity contribution is 7.94. The molecule has 0 radical (unpaired) electrons. The van der Waals surface area contributed by atoms with Crippen molar-refractivity contribution in [2.45, 2.75) is 18.1 Å². The lowest BCUT2D eigenvalue weighted by atomic mass is 10.4. The summed E-state index contributed by atoms with van der Waals surface area (Å²) >= 11 is 1.05. The molecule has 0 amide bonds. The average molecular weight is 316 g/mol. The first-order valence-corrected chi connectivity index (χ1v) is 7.75. The van der Waals surface area contributed by atoms with Crippen LogP contribution in [0, 0.1) is 13.8 Å². The van der Waals surface area contributed by atoms with E-state index in [0.717, 1.165) is 22.1 Å². The van der Waals surface area contributed by atoms with Crippen molar-refractivity contribution in [3.05, 3.63) is 22.5 Å². The Morgan fingerprint density at radius 2 is 2.10 bits per heavy atom. The number of hydrogen-bond donors (Lipinski definition) is 2. The minimum absolute atomic E-state index is 0.0460. The van der Waals surface area contributed by atoms with Crippen molar-refractivity contribution in [1.82, 2.24) is 14.8 Å². The summed E-state index contributed by atoms with van der Waals surface area (Å²) in [4.78, 5) is 14.9. The third kappa shape index (κ3) is 2.65. The van der Waals surface area contributed by atoms with Gasteiger partial charge in [-0.05, 0) is 13.8 Å². The third-order valence-corrected chi connectivity index (χ3v) is 5.48. The Balaban J connectivity index is 2.36. The molecule has 2 aromatic rings. The molecule has 10 heteroatoms. The minimum Gasteiger partial charge on any atom is -0.477 e. The van der Waals surface area contributed by atoms with E-state index < -0.39 is 16.0 Å². The van der Waals surface area contributed by atoms with Crippen LogP contribution >= 0.6 is 11.3 Å². The van der Waals surface area contributed by atoms with Crippen LogP contribution in [0.1, 0.15) is 21.2 Å². The Morgan fingerprint density at radius 1 is 1.45 bits per heavy atom. The van der Waals surface area contributed by atoms with E-state index in [4.69, 9.17) is 5.11 Å². The highest BCUT2D eigenvalue weighted by Crippen LogP contribution is 2.25. The predicted octanol–water partition coefficient (Wildman–Crippen LogP) is 0.992. The van der Waals surface area contributed by atoms with Gasteiger partial charge in [0, 0.05) is 13.1 Å². The Bertz CT molecular complexity index is 775. The highest BCUT2D eigenvalue weighted by atomic mass is 32.2. The summed E-state index contributed by atoms with van der Waals surface area (Å²) < 4.78 is 27.8. The molecule has 20 heavy (non-hydrogen) atoms. The van der Waals surface area contributed by atoms with E-state index in [9.17, 15) is 13.2 Å². The van der Waals surface area contributed by atoms with E-state index in [1.165, 1.54) is 7.05 Å². The van der Waals surface area contributed by atoms with E-state index in [2.05, 4.69) is 14.8 Å². The molecule has 2 N–H and O–H groups in total. The molecule has 0 saturated carbocycles. The van der Waals surface area contributed by atoms with Gasteiger partial charge in [0.1, 0.15) is 5.69 Å². The molecule has 108 valence electrons. The van der Waals surface area contributed by atoms with Crippen LogP contribution in [-0.4, -0.2) is 34.3 Å². The number of sulfonamides is 1. The maximum atomic E-state index is 12.2. The minimum atomic E-state index is -3.82. The maximum absolute atomic E-state index is 12.2. The number of carboxylic acids is 1. The number of aromatic carboxylic acids is 1. The average Bonchev–Trinajstić information content (AvgIpc) is 2.81. The van der Waals surface area contributed by atoms with Crippen LogP contribution in [0.3, 0.4) is 0 Å². The zero-order valence-corrected chi connectivity index (χ0v) is 12.5. The Morgan fingerprint density at radius 3 is 2.55 bits per heavy atom. The molecular formula is C10H12N4O4S2. The summed E-state index contributed by atoms with van der Waals surface area (Å²) in [5.74, 6) is -1.23. The quantitative estimate of drug-likeness (QED) is 0.869. The summed E-state index contributed by atoms with van der Waals surface area (Å²) in [6.45, 7) is 3.30. The van der Waals surface area contributed by atoms with E-state index in [1.54, 1.807) is 13.8 Å². The lowest BCUT2D eigenvalue weighted by Crippen LogP contribution is -2.13. The molecule has 0 fully saturated rings. The molecule has 2 aromatic heterocycles. The van der Waals surface area contributed by atoms with Crippen LogP contribution in [-0.2, 0) is 17.1 Å². The normalized spacial score (nSPS) is 11.6. The predicted molar refractivity (Wildman–Crippen MR) is 72.6 cm³/mol. The van der Waals surface area contributed by atoms with Gasteiger partial charge in [-0.25, -0.2) is 18.2 Å². The Kier molecular flexibility index (Phi) is 3.52. The van der Waals surface area contributed by atoms with Crippen molar-refractivity contribution in [2.24, 2.45) is 7.05 Å². The number of aromatic nitrogens is 3. The second kappa shape index (κ2) is 4.87. The van der Waals surface area contributed by atoms with Gasteiger partial charge in [-0.15, -0.1) is 11.3 Å². The Hall–Kier alpha value is -1.94. The van der Waals surface area contributed by atoms with Gasteiger partial charge in [0.25, 0.3) is 10.0 Å². The fourth-order valence-electron chi connectivity index (χ4n) is 1.66. The topological polar surface area (TPSA) is 114 Å². The number of aryl methyl sites for hydroxylation is 3. The Labute approximate surface area is 119 Å². The summed E-state index contributed by atoms with van der Waals surface area (Å²) in [6.07, 6.45) is 0. The SMILES string of the molecule is Cc1nc(C)c(S(=O)(=O)Nc2cc(C(=O)O)n(C)n2)s1. The third-order valence-electron chi connectivity index (χ3n) is 2.44. The lowest BCUT2D eigenvalue weighted by Gasteiger charge is -2.02. The van der Waals surface area contributed by atoms with Crippen LogP contribution in [0.25, 0.3) is 0 Å². The van der Waals surface area contributed by atoms with E-state index in [1.807, 2.05) is 0 Å². The second-order valence-electron chi connectivity index (χ2n) is 4.05. The standard InChI is InChI=1S/C10H12N4O4S2/c1-5-10(19-6(2)11-5)20(17,18)13-8-4-7(9(15)16)14(3)12-8/h4H,1-3H3,(H,12,13)(H,15,16). The monoisotopic (exact) mass is 316 g/mol.